The normalized spacial score (nSPS) is 35.3. The third-order valence-corrected chi connectivity index (χ3v) is 4.33. The van der Waals surface area contributed by atoms with E-state index in [1.54, 1.807) is 0 Å². The van der Waals surface area contributed by atoms with Gasteiger partial charge in [-0.05, 0) is 18.6 Å². The van der Waals surface area contributed by atoms with Gasteiger partial charge >= 0.3 is 0 Å². The average molecular weight is 202 g/mol. The van der Waals surface area contributed by atoms with Gasteiger partial charge in [-0.25, -0.2) is 0 Å². The zero-order valence-corrected chi connectivity index (χ0v) is 9.79. The van der Waals surface area contributed by atoms with E-state index in [0.29, 0.717) is 11.3 Å². The molecule has 0 bridgehead atoms. The Hall–Kier alpha value is 0.270. The first-order valence-corrected chi connectivity index (χ1v) is 6.25. The Morgan fingerprint density at radius 1 is 1.62 bits per heavy atom. The topological polar surface area (TPSA) is 38.0 Å². The molecule has 0 aromatic carbocycles. The summed E-state index contributed by atoms with van der Waals surface area (Å²) >= 11 is 2.05. The SMILES string of the molecule is CC(C)NC1(CN)CCCSC1C. The van der Waals surface area contributed by atoms with Crippen LogP contribution >= 0.6 is 11.8 Å². The van der Waals surface area contributed by atoms with Crippen LogP contribution in [-0.2, 0) is 0 Å². The minimum absolute atomic E-state index is 0.192. The summed E-state index contributed by atoms with van der Waals surface area (Å²) in [6.45, 7) is 7.46. The van der Waals surface area contributed by atoms with Crippen molar-refractivity contribution in [2.24, 2.45) is 5.73 Å². The van der Waals surface area contributed by atoms with E-state index in [-0.39, 0.29) is 5.54 Å². The van der Waals surface area contributed by atoms with Crippen molar-refractivity contribution in [3.63, 3.8) is 0 Å². The van der Waals surface area contributed by atoms with Crippen LogP contribution in [0.1, 0.15) is 33.6 Å². The van der Waals surface area contributed by atoms with Crippen LogP contribution in [0.3, 0.4) is 0 Å². The summed E-state index contributed by atoms with van der Waals surface area (Å²) in [6.07, 6.45) is 2.53. The number of thioether (sulfide) groups is 1. The van der Waals surface area contributed by atoms with Crippen molar-refractivity contribution in [3.8, 4) is 0 Å². The number of nitrogens with one attached hydrogen (secondary N) is 1. The van der Waals surface area contributed by atoms with Crippen LogP contribution in [0.25, 0.3) is 0 Å². The van der Waals surface area contributed by atoms with E-state index in [1.807, 2.05) is 11.8 Å². The number of nitrogens with two attached hydrogens (primary N) is 1. The van der Waals surface area contributed by atoms with E-state index >= 15 is 0 Å². The predicted molar refractivity (Wildman–Crippen MR) is 61.2 cm³/mol. The fourth-order valence-corrected chi connectivity index (χ4v) is 3.37. The van der Waals surface area contributed by atoms with Crippen molar-refractivity contribution >= 4 is 11.8 Å². The molecule has 1 rings (SSSR count). The molecule has 1 heterocycles. The Bertz CT molecular complexity index is 161. The molecule has 0 radical (unpaired) electrons. The number of rotatable bonds is 3. The highest BCUT2D eigenvalue weighted by atomic mass is 32.2. The average Bonchev–Trinajstić information content (AvgIpc) is 2.08. The van der Waals surface area contributed by atoms with E-state index in [0.717, 1.165) is 6.54 Å². The first kappa shape index (κ1) is 11.3. The summed E-state index contributed by atoms with van der Waals surface area (Å²) in [5.41, 5.74) is 6.09. The molecule has 0 saturated carbocycles. The highest BCUT2D eigenvalue weighted by molar-refractivity contribution is 8.00. The fraction of sp³-hybridized carbons (Fsp3) is 1.00. The quantitative estimate of drug-likeness (QED) is 0.730. The van der Waals surface area contributed by atoms with Crippen LogP contribution in [0.5, 0.6) is 0 Å². The van der Waals surface area contributed by atoms with Crippen LogP contribution < -0.4 is 11.1 Å². The summed E-state index contributed by atoms with van der Waals surface area (Å²) in [5.74, 6) is 1.29. The molecule has 13 heavy (non-hydrogen) atoms. The molecule has 0 aliphatic carbocycles. The van der Waals surface area contributed by atoms with Crippen molar-refractivity contribution in [2.75, 3.05) is 12.3 Å². The second kappa shape index (κ2) is 4.67. The van der Waals surface area contributed by atoms with E-state index in [9.17, 15) is 0 Å². The zero-order valence-electron chi connectivity index (χ0n) is 8.97. The van der Waals surface area contributed by atoms with Gasteiger partial charge in [0, 0.05) is 23.4 Å². The van der Waals surface area contributed by atoms with E-state index in [1.165, 1.54) is 18.6 Å². The van der Waals surface area contributed by atoms with Gasteiger partial charge in [-0.1, -0.05) is 20.8 Å². The van der Waals surface area contributed by atoms with Crippen LogP contribution in [0, 0.1) is 0 Å². The lowest BCUT2D eigenvalue weighted by molar-refractivity contribution is 0.276. The van der Waals surface area contributed by atoms with Crippen molar-refractivity contribution in [1.82, 2.24) is 5.32 Å². The molecule has 1 aliphatic heterocycles. The summed E-state index contributed by atoms with van der Waals surface area (Å²) < 4.78 is 0. The van der Waals surface area contributed by atoms with Crippen LogP contribution in [0.15, 0.2) is 0 Å². The maximum absolute atomic E-state index is 5.90. The smallest absolute Gasteiger partial charge is 0.0423 e. The van der Waals surface area contributed by atoms with Crippen molar-refractivity contribution in [1.29, 1.82) is 0 Å². The molecule has 1 saturated heterocycles. The van der Waals surface area contributed by atoms with Gasteiger partial charge in [-0.3, -0.25) is 0 Å². The molecule has 2 atom stereocenters. The van der Waals surface area contributed by atoms with Crippen molar-refractivity contribution in [3.05, 3.63) is 0 Å². The molecule has 0 spiro atoms. The van der Waals surface area contributed by atoms with Crippen molar-refractivity contribution in [2.45, 2.75) is 50.4 Å². The lowest BCUT2D eigenvalue weighted by Crippen LogP contribution is -2.60. The Morgan fingerprint density at radius 3 is 2.77 bits per heavy atom. The fourth-order valence-electron chi connectivity index (χ4n) is 2.10. The molecule has 2 nitrogen and oxygen atoms in total. The molecule has 2 unspecified atom stereocenters. The number of hydrogen-bond acceptors (Lipinski definition) is 3. The third-order valence-electron chi connectivity index (χ3n) is 2.85. The molecule has 3 N–H and O–H groups in total. The maximum Gasteiger partial charge on any atom is 0.0423 e. The van der Waals surface area contributed by atoms with Gasteiger partial charge in [0.15, 0.2) is 0 Å². The Morgan fingerprint density at radius 2 is 2.31 bits per heavy atom. The first-order chi connectivity index (χ1) is 6.10. The van der Waals surface area contributed by atoms with Crippen molar-refractivity contribution < 1.29 is 0 Å². The predicted octanol–water partition coefficient (Wildman–Crippen LogP) is 1.60. The van der Waals surface area contributed by atoms with E-state index < -0.39 is 0 Å². The minimum atomic E-state index is 0.192. The van der Waals surface area contributed by atoms with Gasteiger partial charge in [0.25, 0.3) is 0 Å². The second-order valence-electron chi connectivity index (χ2n) is 4.28. The van der Waals surface area contributed by atoms with Gasteiger partial charge in [-0.15, -0.1) is 0 Å². The molecule has 0 aromatic rings. The van der Waals surface area contributed by atoms with Gasteiger partial charge < -0.3 is 11.1 Å². The van der Waals surface area contributed by atoms with Gasteiger partial charge in [-0.2, -0.15) is 11.8 Å². The third kappa shape index (κ3) is 2.61. The molecule has 78 valence electrons. The van der Waals surface area contributed by atoms with Gasteiger partial charge in [0.1, 0.15) is 0 Å². The minimum Gasteiger partial charge on any atom is -0.329 e. The molecular formula is C10H22N2S. The molecular weight excluding hydrogens is 180 g/mol. The molecule has 1 fully saturated rings. The molecule has 0 aromatic heterocycles. The summed E-state index contributed by atoms with van der Waals surface area (Å²) in [7, 11) is 0. The zero-order chi connectivity index (χ0) is 9.90. The highest BCUT2D eigenvalue weighted by Crippen LogP contribution is 2.33. The largest absolute Gasteiger partial charge is 0.329 e. The van der Waals surface area contributed by atoms with Crippen LogP contribution in [0.4, 0.5) is 0 Å². The first-order valence-electron chi connectivity index (χ1n) is 5.20. The lowest BCUT2D eigenvalue weighted by Gasteiger charge is -2.43. The van der Waals surface area contributed by atoms with E-state index in [2.05, 4.69) is 26.1 Å². The Kier molecular flexibility index (Phi) is 4.07. The van der Waals surface area contributed by atoms with Gasteiger partial charge in [0.05, 0.1) is 0 Å². The summed E-state index contributed by atoms with van der Waals surface area (Å²) in [4.78, 5) is 0. The second-order valence-corrected chi connectivity index (χ2v) is 5.72. The molecule has 3 heteroatoms. The van der Waals surface area contributed by atoms with Crippen LogP contribution in [-0.4, -0.2) is 29.1 Å². The Balaban J connectivity index is 2.64. The Labute approximate surface area is 86.0 Å². The highest BCUT2D eigenvalue weighted by Gasteiger charge is 2.37. The van der Waals surface area contributed by atoms with Crippen LogP contribution in [0.2, 0.25) is 0 Å². The molecule has 1 aliphatic rings. The molecule has 0 amide bonds. The summed E-state index contributed by atoms with van der Waals surface area (Å²) in [6, 6.07) is 0.532. The lowest BCUT2D eigenvalue weighted by atomic mass is 9.89. The monoisotopic (exact) mass is 202 g/mol. The van der Waals surface area contributed by atoms with Gasteiger partial charge in [0.2, 0.25) is 0 Å². The van der Waals surface area contributed by atoms with E-state index in [4.69, 9.17) is 5.73 Å². The number of hydrogen-bond donors (Lipinski definition) is 2. The summed E-state index contributed by atoms with van der Waals surface area (Å²) in [5, 5.41) is 4.30. The maximum atomic E-state index is 5.90. The standard InChI is InChI=1S/C10H22N2S/c1-8(2)12-10(7-11)5-4-6-13-9(10)3/h8-9,12H,4-7,11H2,1-3H3.